The van der Waals surface area contributed by atoms with Crippen molar-refractivity contribution in [3.8, 4) is 16.9 Å². The summed E-state index contributed by atoms with van der Waals surface area (Å²) in [6.07, 6.45) is -0.571. The molecule has 0 aliphatic carbocycles. The highest BCUT2D eigenvalue weighted by Crippen LogP contribution is 2.22. The molecule has 0 aromatic heterocycles. The van der Waals surface area contributed by atoms with Crippen LogP contribution in [0.3, 0.4) is 0 Å². The van der Waals surface area contributed by atoms with Gasteiger partial charge in [-0.05, 0) is 35.4 Å². The van der Waals surface area contributed by atoms with E-state index >= 15 is 0 Å². The van der Waals surface area contributed by atoms with Gasteiger partial charge in [-0.15, -0.1) is 0 Å². The third-order valence-corrected chi connectivity index (χ3v) is 4.60. The van der Waals surface area contributed by atoms with Crippen LogP contribution >= 0.6 is 0 Å². The number of nitrogens with two attached hydrogens (primary N) is 1. The molecule has 3 aromatic rings. The topological polar surface area (TPSA) is 72.4 Å². The number of hydrogen-bond acceptors (Lipinski definition) is 4. The summed E-state index contributed by atoms with van der Waals surface area (Å²) in [6, 6.07) is 25.3. The maximum Gasteiger partial charge on any atom is 0.337 e. The van der Waals surface area contributed by atoms with Crippen molar-refractivity contribution in [2.45, 2.75) is 12.6 Å². The summed E-state index contributed by atoms with van der Waals surface area (Å²) in [4.78, 5) is 11.4. The van der Waals surface area contributed by atoms with Crippen LogP contribution in [-0.4, -0.2) is 37.4 Å². The van der Waals surface area contributed by atoms with E-state index < -0.39 is 6.10 Å². The van der Waals surface area contributed by atoms with Gasteiger partial charge in [0.15, 0.2) is 0 Å². The van der Waals surface area contributed by atoms with Crippen molar-refractivity contribution in [1.82, 2.24) is 0 Å². The Hall–Kier alpha value is -3.15. The van der Waals surface area contributed by atoms with Crippen molar-refractivity contribution < 1.29 is 24.7 Å². The largest absolute Gasteiger partial charge is 0.491 e. The molecule has 0 aliphatic rings. The Morgan fingerprint density at radius 1 is 0.931 bits per heavy atom. The summed E-state index contributed by atoms with van der Waals surface area (Å²) >= 11 is 0. The van der Waals surface area contributed by atoms with Gasteiger partial charge in [0, 0.05) is 5.56 Å². The van der Waals surface area contributed by atoms with Crippen molar-refractivity contribution >= 4 is 5.97 Å². The smallest absolute Gasteiger partial charge is 0.337 e. The molecule has 0 saturated heterocycles. The van der Waals surface area contributed by atoms with Crippen molar-refractivity contribution in [2.75, 3.05) is 20.3 Å². The molecule has 0 bridgehead atoms. The van der Waals surface area contributed by atoms with Crippen molar-refractivity contribution in [1.29, 1.82) is 0 Å². The number of esters is 1. The van der Waals surface area contributed by atoms with E-state index in [-0.39, 0.29) is 12.6 Å². The molecule has 3 rings (SSSR count). The summed E-state index contributed by atoms with van der Waals surface area (Å²) in [6.45, 7) is 1.48. The molecule has 1 atom stereocenters. The van der Waals surface area contributed by atoms with E-state index in [0.717, 1.165) is 22.4 Å². The average molecular weight is 392 g/mol. The summed E-state index contributed by atoms with van der Waals surface area (Å²) in [5, 5.41) is 12.2. The number of hydrogen-bond donors (Lipinski definition) is 2. The molecule has 0 unspecified atom stereocenters. The Kier molecular flexibility index (Phi) is 7.39. The van der Waals surface area contributed by atoms with Gasteiger partial charge in [0.1, 0.15) is 31.5 Å². The Labute approximate surface area is 170 Å². The van der Waals surface area contributed by atoms with Crippen LogP contribution in [0.5, 0.6) is 5.75 Å². The number of aliphatic hydroxyl groups excluding tert-OH is 1. The van der Waals surface area contributed by atoms with Crippen LogP contribution in [0.4, 0.5) is 0 Å². The minimum Gasteiger partial charge on any atom is -0.491 e. The normalized spacial score (nSPS) is 11.7. The van der Waals surface area contributed by atoms with Gasteiger partial charge in [0.05, 0.1) is 12.7 Å². The van der Waals surface area contributed by atoms with Gasteiger partial charge >= 0.3 is 5.97 Å². The maximum absolute atomic E-state index is 11.4. The molecular weight excluding hydrogens is 366 g/mol. The van der Waals surface area contributed by atoms with Crippen LogP contribution in [0.25, 0.3) is 11.1 Å². The number of benzene rings is 3. The number of carbonyl (C=O) groups is 1. The molecule has 0 aliphatic heterocycles. The van der Waals surface area contributed by atoms with Crippen LogP contribution in [0.2, 0.25) is 0 Å². The minimum absolute atomic E-state index is 0.239. The molecule has 0 saturated carbocycles. The first-order chi connectivity index (χ1) is 14.2. The Morgan fingerprint density at radius 2 is 1.59 bits per heavy atom. The summed E-state index contributed by atoms with van der Waals surface area (Å²) < 4.78 is 10.4. The number of rotatable bonds is 9. The zero-order valence-electron chi connectivity index (χ0n) is 16.5. The van der Waals surface area contributed by atoms with Crippen molar-refractivity contribution in [2.24, 2.45) is 0 Å². The standard InChI is InChI=1S/C24H25NO4/c1-28-24(27)21-9-7-18(8-10-21)15-25-16-22(26)17-29-23-13-11-20(12-14-23)19-5-3-2-4-6-19/h2-14,22,25-26H,15-17H2,1H3/p+1/t22-/m1/s1. The zero-order chi connectivity index (χ0) is 20.5. The van der Waals surface area contributed by atoms with Gasteiger partial charge < -0.3 is 19.9 Å². The van der Waals surface area contributed by atoms with Gasteiger partial charge in [0.25, 0.3) is 0 Å². The minimum atomic E-state index is -0.571. The monoisotopic (exact) mass is 392 g/mol. The molecule has 5 heteroatoms. The summed E-state index contributed by atoms with van der Waals surface area (Å²) in [5.74, 6) is 0.395. The molecule has 5 nitrogen and oxygen atoms in total. The fraction of sp³-hybridized carbons (Fsp3) is 0.208. The Morgan fingerprint density at radius 3 is 2.24 bits per heavy atom. The summed E-state index contributed by atoms with van der Waals surface area (Å²) in [5.41, 5.74) is 3.89. The van der Waals surface area contributed by atoms with Gasteiger partial charge in [-0.25, -0.2) is 4.79 Å². The third-order valence-electron chi connectivity index (χ3n) is 4.60. The molecule has 0 amide bonds. The quantitative estimate of drug-likeness (QED) is 0.549. The lowest BCUT2D eigenvalue weighted by atomic mass is 10.1. The molecule has 0 fully saturated rings. The van der Waals surface area contributed by atoms with Gasteiger partial charge in [-0.1, -0.05) is 54.6 Å². The Bertz CT molecular complexity index is 892. The first-order valence-electron chi connectivity index (χ1n) is 9.61. The van der Waals surface area contributed by atoms with E-state index in [0.29, 0.717) is 18.7 Å². The number of carbonyl (C=O) groups excluding carboxylic acids is 1. The number of ether oxygens (including phenoxy) is 2. The second kappa shape index (κ2) is 10.4. The average Bonchev–Trinajstić information content (AvgIpc) is 2.78. The first kappa shape index (κ1) is 20.6. The molecule has 150 valence electrons. The highest BCUT2D eigenvalue weighted by Gasteiger charge is 2.09. The van der Waals surface area contributed by atoms with E-state index in [9.17, 15) is 9.90 Å². The second-order valence-electron chi connectivity index (χ2n) is 6.77. The van der Waals surface area contributed by atoms with E-state index in [2.05, 4.69) is 16.9 Å². The van der Waals surface area contributed by atoms with E-state index in [1.54, 1.807) is 12.1 Å². The van der Waals surface area contributed by atoms with E-state index in [1.165, 1.54) is 7.11 Å². The van der Waals surface area contributed by atoms with Gasteiger partial charge in [-0.3, -0.25) is 0 Å². The molecule has 3 aromatic carbocycles. The van der Waals surface area contributed by atoms with Crippen molar-refractivity contribution in [3.05, 3.63) is 90.0 Å². The fourth-order valence-electron chi connectivity index (χ4n) is 2.97. The molecule has 0 radical (unpaired) electrons. The predicted molar refractivity (Wildman–Crippen MR) is 112 cm³/mol. The molecule has 29 heavy (non-hydrogen) atoms. The molecule has 3 N–H and O–H groups in total. The maximum atomic E-state index is 11.4. The lowest BCUT2D eigenvalue weighted by Crippen LogP contribution is -2.85. The number of aliphatic hydroxyl groups is 1. The van der Waals surface area contributed by atoms with Gasteiger partial charge in [-0.2, -0.15) is 0 Å². The number of methoxy groups -OCH3 is 1. The first-order valence-corrected chi connectivity index (χ1v) is 9.61. The van der Waals surface area contributed by atoms with E-state index in [4.69, 9.17) is 4.74 Å². The fourth-order valence-corrected chi connectivity index (χ4v) is 2.97. The van der Waals surface area contributed by atoms with Gasteiger partial charge in [0.2, 0.25) is 0 Å². The van der Waals surface area contributed by atoms with Crippen molar-refractivity contribution in [3.63, 3.8) is 0 Å². The lowest BCUT2D eigenvalue weighted by Gasteiger charge is -2.12. The number of quaternary nitrogens is 1. The van der Waals surface area contributed by atoms with Crippen LogP contribution < -0.4 is 10.1 Å². The van der Waals surface area contributed by atoms with Crippen LogP contribution in [0.1, 0.15) is 15.9 Å². The predicted octanol–water partition coefficient (Wildman–Crippen LogP) is 2.64. The third kappa shape index (κ3) is 6.17. The molecular formula is C24H26NO4+. The van der Waals surface area contributed by atoms with Crippen LogP contribution in [0.15, 0.2) is 78.9 Å². The summed E-state index contributed by atoms with van der Waals surface area (Å²) in [7, 11) is 1.37. The SMILES string of the molecule is COC(=O)c1ccc(C[NH2+]C[C@@H](O)COc2ccc(-c3ccccc3)cc2)cc1. The van der Waals surface area contributed by atoms with Crippen LogP contribution in [0, 0.1) is 0 Å². The second-order valence-corrected chi connectivity index (χ2v) is 6.77. The zero-order valence-corrected chi connectivity index (χ0v) is 16.5. The lowest BCUT2D eigenvalue weighted by molar-refractivity contribution is -0.676. The Balaban J connectivity index is 1.40. The highest BCUT2D eigenvalue weighted by atomic mass is 16.5. The molecule has 0 heterocycles. The molecule has 0 spiro atoms. The highest BCUT2D eigenvalue weighted by molar-refractivity contribution is 5.89. The van der Waals surface area contributed by atoms with Crippen LogP contribution in [-0.2, 0) is 11.3 Å². The van der Waals surface area contributed by atoms with E-state index in [1.807, 2.05) is 59.9 Å².